The summed E-state index contributed by atoms with van der Waals surface area (Å²) in [5.41, 5.74) is 2.97. The number of nitrogens with zero attached hydrogens (tertiary/aromatic N) is 2. The zero-order valence-electron chi connectivity index (χ0n) is 12.9. The quantitative estimate of drug-likeness (QED) is 0.809. The fraction of sp³-hybridized carbons (Fsp3) is 0.278. The molecule has 5 heteroatoms. The summed E-state index contributed by atoms with van der Waals surface area (Å²) < 4.78 is 0. The smallest absolute Gasteiger partial charge is 0.255 e. The highest BCUT2D eigenvalue weighted by atomic mass is 35.5. The number of carbonyl (C=O) groups excluding carboxylic acids is 1. The first-order chi connectivity index (χ1) is 11.1. The van der Waals surface area contributed by atoms with E-state index in [9.17, 15) is 4.79 Å². The van der Waals surface area contributed by atoms with Crippen LogP contribution in [-0.2, 0) is 0 Å². The molecule has 0 atom stereocenters. The molecule has 2 aromatic rings. The molecule has 0 N–H and O–H groups in total. The van der Waals surface area contributed by atoms with E-state index < -0.39 is 0 Å². The molecule has 0 radical (unpaired) electrons. The van der Waals surface area contributed by atoms with Crippen LogP contribution in [0, 0.1) is 6.92 Å². The van der Waals surface area contributed by atoms with E-state index in [2.05, 4.69) is 24.0 Å². The first-order valence-electron chi connectivity index (χ1n) is 7.61. The van der Waals surface area contributed by atoms with Crippen LogP contribution in [0.3, 0.4) is 0 Å². The minimum Gasteiger partial charge on any atom is -0.368 e. The van der Waals surface area contributed by atoms with Crippen LogP contribution >= 0.6 is 23.2 Å². The third kappa shape index (κ3) is 3.46. The van der Waals surface area contributed by atoms with Gasteiger partial charge in [-0.05, 0) is 36.8 Å². The Morgan fingerprint density at radius 3 is 2.39 bits per heavy atom. The van der Waals surface area contributed by atoms with E-state index in [1.165, 1.54) is 11.3 Å². The molecule has 120 valence electrons. The van der Waals surface area contributed by atoms with Crippen molar-refractivity contribution in [2.24, 2.45) is 0 Å². The van der Waals surface area contributed by atoms with Gasteiger partial charge in [0.2, 0.25) is 0 Å². The molecule has 0 spiro atoms. The molecular weight excluding hydrogens is 331 g/mol. The van der Waals surface area contributed by atoms with Gasteiger partial charge in [0.05, 0.1) is 10.6 Å². The molecule has 0 unspecified atom stereocenters. The molecule has 1 heterocycles. The second-order valence-electron chi connectivity index (χ2n) is 5.69. The van der Waals surface area contributed by atoms with Crippen LogP contribution in [-0.4, -0.2) is 37.0 Å². The molecule has 1 aliphatic heterocycles. The van der Waals surface area contributed by atoms with Gasteiger partial charge in [-0.15, -0.1) is 0 Å². The molecule has 0 saturated carbocycles. The predicted octanol–water partition coefficient (Wildman–Crippen LogP) is 4.26. The predicted molar refractivity (Wildman–Crippen MR) is 95.8 cm³/mol. The average molecular weight is 349 g/mol. The van der Waals surface area contributed by atoms with E-state index >= 15 is 0 Å². The van der Waals surface area contributed by atoms with Crippen molar-refractivity contribution in [3.63, 3.8) is 0 Å². The largest absolute Gasteiger partial charge is 0.368 e. The van der Waals surface area contributed by atoms with Gasteiger partial charge in [-0.1, -0.05) is 41.4 Å². The highest BCUT2D eigenvalue weighted by Crippen LogP contribution is 2.24. The van der Waals surface area contributed by atoms with Crippen molar-refractivity contribution in [1.82, 2.24) is 4.90 Å². The first kappa shape index (κ1) is 16.2. The number of hydrogen-bond acceptors (Lipinski definition) is 2. The summed E-state index contributed by atoms with van der Waals surface area (Å²) in [6.07, 6.45) is 0. The minimum atomic E-state index is -0.0538. The normalized spacial score (nSPS) is 14.9. The van der Waals surface area contributed by atoms with Gasteiger partial charge in [-0.2, -0.15) is 0 Å². The lowest BCUT2D eigenvalue weighted by molar-refractivity contribution is 0.0747. The van der Waals surface area contributed by atoms with Crippen LogP contribution in [0.25, 0.3) is 0 Å². The lowest BCUT2D eigenvalue weighted by atomic mass is 10.1. The van der Waals surface area contributed by atoms with Gasteiger partial charge in [0.1, 0.15) is 0 Å². The number of hydrogen-bond donors (Lipinski definition) is 0. The highest BCUT2D eigenvalue weighted by molar-refractivity contribution is 6.35. The lowest BCUT2D eigenvalue weighted by Gasteiger charge is -2.37. The Labute approximate surface area is 146 Å². The zero-order chi connectivity index (χ0) is 16.4. The van der Waals surface area contributed by atoms with Gasteiger partial charge in [0, 0.05) is 36.9 Å². The number of aryl methyl sites for hydroxylation is 1. The van der Waals surface area contributed by atoms with Gasteiger partial charge >= 0.3 is 0 Å². The number of halogens is 2. The fourth-order valence-electron chi connectivity index (χ4n) is 2.90. The summed E-state index contributed by atoms with van der Waals surface area (Å²) in [5.74, 6) is -0.0538. The van der Waals surface area contributed by atoms with Crippen molar-refractivity contribution in [1.29, 1.82) is 0 Å². The number of benzene rings is 2. The van der Waals surface area contributed by atoms with Crippen molar-refractivity contribution in [3.8, 4) is 0 Å². The summed E-state index contributed by atoms with van der Waals surface area (Å²) >= 11 is 12.1. The molecule has 0 aliphatic carbocycles. The SMILES string of the molecule is Cc1ccccc1N1CCN(C(=O)c2cc(Cl)ccc2Cl)CC1. The maximum atomic E-state index is 12.6. The highest BCUT2D eigenvalue weighted by Gasteiger charge is 2.24. The zero-order valence-corrected chi connectivity index (χ0v) is 14.4. The number of anilines is 1. The van der Waals surface area contributed by atoms with Gasteiger partial charge in [-0.25, -0.2) is 0 Å². The monoisotopic (exact) mass is 348 g/mol. The Balaban J connectivity index is 1.70. The summed E-state index contributed by atoms with van der Waals surface area (Å²) in [5, 5.41) is 0.969. The molecule has 23 heavy (non-hydrogen) atoms. The average Bonchev–Trinajstić information content (AvgIpc) is 2.57. The Hall–Kier alpha value is -1.71. The van der Waals surface area contributed by atoms with Crippen molar-refractivity contribution < 1.29 is 4.79 Å². The molecule has 3 nitrogen and oxygen atoms in total. The Morgan fingerprint density at radius 2 is 1.70 bits per heavy atom. The van der Waals surface area contributed by atoms with Crippen LogP contribution in [0.5, 0.6) is 0 Å². The maximum absolute atomic E-state index is 12.6. The van der Waals surface area contributed by atoms with Gasteiger partial charge in [0.25, 0.3) is 5.91 Å². The molecule has 3 rings (SSSR count). The topological polar surface area (TPSA) is 23.6 Å². The molecule has 1 fully saturated rings. The Kier molecular flexibility index (Phi) is 4.79. The number of piperazine rings is 1. The van der Waals surface area contributed by atoms with E-state index in [-0.39, 0.29) is 5.91 Å². The molecule has 0 bridgehead atoms. The summed E-state index contributed by atoms with van der Waals surface area (Å²) in [6, 6.07) is 13.3. The van der Waals surface area contributed by atoms with Crippen LogP contribution < -0.4 is 4.90 Å². The van der Waals surface area contributed by atoms with Crippen molar-refractivity contribution >= 4 is 34.8 Å². The van der Waals surface area contributed by atoms with E-state index in [1.807, 2.05) is 17.0 Å². The van der Waals surface area contributed by atoms with Crippen LogP contribution in [0.1, 0.15) is 15.9 Å². The maximum Gasteiger partial charge on any atom is 0.255 e. The van der Waals surface area contributed by atoms with E-state index in [4.69, 9.17) is 23.2 Å². The summed E-state index contributed by atoms with van der Waals surface area (Å²) in [7, 11) is 0. The minimum absolute atomic E-state index is 0.0538. The van der Waals surface area contributed by atoms with E-state index in [1.54, 1.807) is 18.2 Å². The molecule has 2 aromatic carbocycles. The van der Waals surface area contributed by atoms with Crippen LogP contribution in [0.4, 0.5) is 5.69 Å². The third-order valence-electron chi connectivity index (χ3n) is 4.18. The van der Waals surface area contributed by atoms with Gasteiger partial charge in [0.15, 0.2) is 0 Å². The lowest BCUT2D eigenvalue weighted by Crippen LogP contribution is -2.49. The molecule has 1 aliphatic rings. The van der Waals surface area contributed by atoms with Crippen LogP contribution in [0.2, 0.25) is 10.0 Å². The Morgan fingerprint density at radius 1 is 1.00 bits per heavy atom. The standard InChI is InChI=1S/C18H18Cl2N2O/c1-13-4-2-3-5-17(13)21-8-10-22(11-9-21)18(23)15-12-14(19)6-7-16(15)20/h2-7,12H,8-11H2,1H3. The molecular formula is C18H18Cl2N2O. The van der Waals surface area contributed by atoms with Crippen molar-refractivity contribution in [3.05, 3.63) is 63.6 Å². The fourth-order valence-corrected chi connectivity index (χ4v) is 3.27. The number of amides is 1. The Bertz CT molecular complexity index is 725. The first-order valence-corrected chi connectivity index (χ1v) is 8.37. The van der Waals surface area contributed by atoms with Gasteiger partial charge < -0.3 is 9.80 Å². The second-order valence-corrected chi connectivity index (χ2v) is 6.53. The number of carbonyl (C=O) groups is 1. The number of rotatable bonds is 2. The van der Waals surface area contributed by atoms with Crippen molar-refractivity contribution in [2.75, 3.05) is 31.1 Å². The second kappa shape index (κ2) is 6.81. The van der Waals surface area contributed by atoms with Crippen LogP contribution in [0.15, 0.2) is 42.5 Å². The summed E-state index contributed by atoms with van der Waals surface area (Å²) in [4.78, 5) is 16.8. The molecule has 1 saturated heterocycles. The molecule has 0 aromatic heterocycles. The van der Waals surface area contributed by atoms with E-state index in [0.29, 0.717) is 28.7 Å². The van der Waals surface area contributed by atoms with Gasteiger partial charge in [-0.3, -0.25) is 4.79 Å². The summed E-state index contributed by atoms with van der Waals surface area (Å²) in [6.45, 7) is 5.09. The third-order valence-corrected chi connectivity index (χ3v) is 4.75. The van der Waals surface area contributed by atoms with E-state index in [0.717, 1.165) is 13.1 Å². The number of para-hydroxylation sites is 1. The van der Waals surface area contributed by atoms with Crippen molar-refractivity contribution in [2.45, 2.75) is 6.92 Å². The molecule has 1 amide bonds.